The van der Waals surface area contributed by atoms with E-state index in [9.17, 15) is 18.5 Å². The molecule has 0 aromatic carbocycles. The number of nitrogens with zero attached hydrogens (tertiary/aromatic N) is 2. The van der Waals surface area contributed by atoms with Gasteiger partial charge in [-0.2, -0.15) is 0 Å². The van der Waals surface area contributed by atoms with E-state index in [-0.39, 0.29) is 20.6 Å². The number of hydrogen-bond acceptors (Lipinski definition) is 6. The summed E-state index contributed by atoms with van der Waals surface area (Å²) in [6, 6.07) is 0.970. The van der Waals surface area contributed by atoms with Gasteiger partial charge in [0.1, 0.15) is 4.21 Å². The highest BCUT2D eigenvalue weighted by molar-refractivity contribution is 7.91. The van der Waals surface area contributed by atoms with Crippen LogP contribution in [0.1, 0.15) is 13.8 Å². The third-order valence-corrected chi connectivity index (χ3v) is 6.23. The number of likely N-dealkylation sites (N-methyl/N-ethyl adjacent to an activating group) is 1. The van der Waals surface area contributed by atoms with Crippen molar-refractivity contribution in [2.24, 2.45) is 0 Å². The molecule has 0 saturated carbocycles. The van der Waals surface area contributed by atoms with Gasteiger partial charge in [-0.15, -0.1) is 11.3 Å². The van der Waals surface area contributed by atoms with Crippen LogP contribution in [0.5, 0.6) is 0 Å². The normalized spacial score (nSPS) is 12.9. The average molecular weight is 342 g/mol. The van der Waals surface area contributed by atoms with Gasteiger partial charge in [-0.1, -0.05) is 11.6 Å². The van der Waals surface area contributed by atoms with Crippen LogP contribution in [0.25, 0.3) is 0 Å². The first-order valence-corrected chi connectivity index (χ1v) is 8.26. The first-order valence-electron chi connectivity index (χ1n) is 5.58. The summed E-state index contributed by atoms with van der Waals surface area (Å²) in [5, 5.41) is 10.7. The van der Waals surface area contributed by atoms with Crippen molar-refractivity contribution in [2.75, 3.05) is 20.6 Å². The second kappa shape index (κ2) is 5.94. The molecule has 1 heterocycles. The Balaban J connectivity index is 2.96. The smallest absolute Gasteiger partial charge is 0.300 e. The first kappa shape index (κ1) is 17.3. The fourth-order valence-electron chi connectivity index (χ4n) is 1.10. The maximum Gasteiger partial charge on any atom is 0.300 e. The van der Waals surface area contributed by atoms with Crippen LogP contribution in [0.15, 0.2) is 10.3 Å². The van der Waals surface area contributed by atoms with Gasteiger partial charge in [-0.3, -0.25) is 10.1 Å². The van der Waals surface area contributed by atoms with E-state index in [1.165, 1.54) is 0 Å². The van der Waals surface area contributed by atoms with E-state index < -0.39 is 20.6 Å². The average Bonchev–Trinajstić information content (AvgIpc) is 2.70. The summed E-state index contributed by atoms with van der Waals surface area (Å²) in [6.45, 7) is 3.92. The van der Waals surface area contributed by atoms with Gasteiger partial charge in [-0.25, -0.2) is 13.1 Å². The van der Waals surface area contributed by atoms with Crippen LogP contribution in [0.2, 0.25) is 4.34 Å². The molecule has 0 aliphatic rings. The maximum atomic E-state index is 12.1. The highest BCUT2D eigenvalue weighted by atomic mass is 35.5. The van der Waals surface area contributed by atoms with Crippen molar-refractivity contribution in [3.05, 3.63) is 20.5 Å². The molecule has 0 fully saturated rings. The molecule has 1 N–H and O–H groups in total. The maximum absolute atomic E-state index is 12.1. The lowest BCUT2D eigenvalue weighted by molar-refractivity contribution is -0.384. The molecule has 10 heteroatoms. The summed E-state index contributed by atoms with van der Waals surface area (Å²) in [5.41, 5.74) is -0.788. The van der Waals surface area contributed by atoms with E-state index >= 15 is 0 Å². The Bertz CT molecular complexity index is 610. The molecule has 1 aromatic rings. The summed E-state index contributed by atoms with van der Waals surface area (Å²) in [7, 11) is -0.140. The molecule has 0 unspecified atom stereocenters. The summed E-state index contributed by atoms with van der Waals surface area (Å²) in [6.07, 6.45) is 0. The van der Waals surface area contributed by atoms with Crippen molar-refractivity contribution < 1.29 is 13.3 Å². The van der Waals surface area contributed by atoms with Gasteiger partial charge in [0.05, 0.1) is 4.92 Å². The van der Waals surface area contributed by atoms with Gasteiger partial charge < -0.3 is 4.90 Å². The minimum Gasteiger partial charge on any atom is -0.303 e. The SMILES string of the molecule is CN(C)C(C)(C)CNS(=O)(=O)c1cc([N+](=O)[O-])c(Cl)s1. The van der Waals surface area contributed by atoms with E-state index in [0.717, 1.165) is 6.07 Å². The molecule has 1 rings (SSSR count). The van der Waals surface area contributed by atoms with Crippen molar-refractivity contribution in [3.63, 3.8) is 0 Å². The third-order valence-electron chi connectivity index (χ3n) is 3.01. The van der Waals surface area contributed by atoms with E-state index in [4.69, 9.17) is 11.6 Å². The molecule has 20 heavy (non-hydrogen) atoms. The first-order chi connectivity index (χ1) is 8.97. The number of nitro groups is 1. The summed E-state index contributed by atoms with van der Waals surface area (Å²) < 4.78 is 26.3. The molecule has 0 atom stereocenters. The molecule has 0 amide bonds. The Morgan fingerprint density at radius 3 is 2.45 bits per heavy atom. The molecule has 7 nitrogen and oxygen atoms in total. The highest BCUT2D eigenvalue weighted by Crippen LogP contribution is 2.36. The molecular weight excluding hydrogens is 326 g/mol. The number of halogens is 1. The van der Waals surface area contributed by atoms with Crippen molar-refractivity contribution in [3.8, 4) is 0 Å². The van der Waals surface area contributed by atoms with Crippen LogP contribution in [-0.2, 0) is 10.0 Å². The van der Waals surface area contributed by atoms with E-state index in [1.54, 1.807) is 0 Å². The summed E-state index contributed by atoms with van der Waals surface area (Å²) in [4.78, 5) is 11.8. The molecule has 1 aromatic heterocycles. The lowest BCUT2D eigenvalue weighted by Gasteiger charge is -2.32. The van der Waals surface area contributed by atoms with Gasteiger partial charge in [0.25, 0.3) is 5.69 Å². The van der Waals surface area contributed by atoms with Crippen molar-refractivity contribution in [2.45, 2.75) is 23.6 Å². The van der Waals surface area contributed by atoms with Crippen LogP contribution in [0, 0.1) is 10.1 Å². The monoisotopic (exact) mass is 341 g/mol. The van der Waals surface area contributed by atoms with Gasteiger partial charge in [0, 0.05) is 18.2 Å². The number of sulfonamides is 1. The van der Waals surface area contributed by atoms with Crippen LogP contribution in [0.4, 0.5) is 5.69 Å². The number of thiophene rings is 1. The lowest BCUT2D eigenvalue weighted by Crippen LogP contribution is -2.47. The Morgan fingerprint density at radius 2 is 2.05 bits per heavy atom. The topological polar surface area (TPSA) is 92.6 Å². The number of nitrogens with one attached hydrogen (secondary N) is 1. The number of hydrogen-bond donors (Lipinski definition) is 1. The van der Waals surface area contributed by atoms with Gasteiger partial charge in [0.2, 0.25) is 10.0 Å². The molecule has 114 valence electrons. The Labute approximate surface area is 126 Å². The molecule has 0 saturated heterocycles. The van der Waals surface area contributed by atoms with Crippen LogP contribution < -0.4 is 4.72 Å². The minimum atomic E-state index is -3.81. The predicted octanol–water partition coefficient (Wildman–Crippen LogP) is 1.93. The van der Waals surface area contributed by atoms with Crippen molar-refractivity contribution >= 4 is 38.6 Å². The fourth-order valence-corrected chi connectivity index (χ4v) is 4.01. The van der Waals surface area contributed by atoms with Crippen molar-refractivity contribution in [1.82, 2.24) is 9.62 Å². The second-order valence-corrected chi connectivity index (χ2v) is 8.66. The lowest BCUT2D eigenvalue weighted by atomic mass is 10.1. The summed E-state index contributed by atoms with van der Waals surface area (Å²) in [5.74, 6) is 0. The highest BCUT2D eigenvalue weighted by Gasteiger charge is 2.28. The predicted molar refractivity (Wildman–Crippen MR) is 78.9 cm³/mol. The molecule has 0 aliphatic carbocycles. The van der Waals surface area contributed by atoms with E-state index in [0.29, 0.717) is 11.3 Å². The van der Waals surface area contributed by atoms with Crippen LogP contribution >= 0.6 is 22.9 Å². The fraction of sp³-hybridized carbons (Fsp3) is 0.600. The Hall–Kier alpha value is -0.740. The Morgan fingerprint density at radius 1 is 1.50 bits per heavy atom. The van der Waals surface area contributed by atoms with Gasteiger partial charge in [-0.05, 0) is 27.9 Å². The standard InChI is InChI=1S/C10H16ClN3O4S2/c1-10(2,13(3)4)6-12-20(17,18)8-5-7(14(15)16)9(11)19-8/h5,12H,6H2,1-4H3. The van der Waals surface area contributed by atoms with Crippen molar-refractivity contribution in [1.29, 1.82) is 0 Å². The van der Waals surface area contributed by atoms with Gasteiger partial charge >= 0.3 is 0 Å². The molecular formula is C10H16ClN3O4S2. The zero-order chi connectivity index (χ0) is 15.7. The Kier molecular flexibility index (Phi) is 5.14. The zero-order valence-corrected chi connectivity index (χ0v) is 13.9. The van der Waals surface area contributed by atoms with Crippen LogP contribution in [-0.4, -0.2) is 44.4 Å². The number of rotatable bonds is 6. The van der Waals surface area contributed by atoms with Crippen LogP contribution in [0.3, 0.4) is 0 Å². The van der Waals surface area contributed by atoms with E-state index in [2.05, 4.69) is 4.72 Å². The molecule has 0 bridgehead atoms. The molecule has 0 radical (unpaired) electrons. The second-order valence-electron chi connectivity index (χ2n) is 5.01. The molecule has 0 spiro atoms. The van der Waals surface area contributed by atoms with Gasteiger partial charge in [0.15, 0.2) is 4.34 Å². The minimum absolute atomic E-state index is 0.151. The zero-order valence-electron chi connectivity index (χ0n) is 11.5. The quantitative estimate of drug-likeness (QED) is 0.630. The third kappa shape index (κ3) is 3.89. The van der Waals surface area contributed by atoms with E-state index in [1.807, 2.05) is 32.8 Å². The largest absolute Gasteiger partial charge is 0.303 e. The molecule has 0 aliphatic heterocycles. The summed E-state index contributed by atoms with van der Waals surface area (Å²) >= 11 is 6.33.